The van der Waals surface area contributed by atoms with Gasteiger partial charge in [-0.25, -0.2) is 10.0 Å². The average molecular weight is 280 g/mol. The topological polar surface area (TPSA) is 67.4 Å². The fourth-order valence-electron chi connectivity index (χ4n) is 2.02. The van der Waals surface area contributed by atoms with E-state index in [1.165, 1.54) is 6.42 Å². The summed E-state index contributed by atoms with van der Waals surface area (Å²) in [7, 11) is 4.16. The third-order valence-corrected chi connectivity index (χ3v) is 3.24. The summed E-state index contributed by atoms with van der Waals surface area (Å²) in [6.07, 6.45) is 2.45. The van der Waals surface area contributed by atoms with Crippen molar-refractivity contribution in [3.63, 3.8) is 0 Å². The van der Waals surface area contributed by atoms with E-state index in [4.69, 9.17) is 4.74 Å². The van der Waals surface area contributed by atoms with Crippen molar-refractivity contribution >= 4 is 0 Å². The Labute approximate surface area is 120 Å². The minimum Gasteiger partial charge on any atom is -0.412 e. The van der Waals surface area contributed by atoms with Gasteiger partial charge >= 0.3 is 0 Å². The van der Waals surface area contributed by atoms with Crippen molar-refractivity contribution in [1.82, 2.24) is 10.0 Å². The van der Waals surface area contributed by atoms with E-state index in [2.05, 4.69) is 51.8 Å². The number of aliphatic hydroxyl groups is 1. The first-order chi connectivity index (χ1) is 8.33. The minimum atomic E-state index is -0.609. The molecule has 1 saturated heterocycles. The van der Waals surface area contributed by atoms with Crippen molar-refractivity contribution < 1.29 is 16.7 Å². The Balaban J connectivity index is -0.000000530. The van der Waals surface area contributed by atoms with Crippen LogP contribution in [-0.2, 0) is 4.74 Å². The second-order valence-corrected chi connectivity index (χ2v) is 5.47. The molecule has 0 bridgehead atoms. The number of rotatable bonds is 3. The van der Waals surface area contributed by atoms with Crippen molar-refractivity contribution in [2.45, 2.75) is 78.4 Å². The van der Waals surface area contributed by atoms with Gasteiger partial charge in [-0.2, -0.15) is 0 Å². The molecule has 0 unspecified atom stereocenters. The minimum absolute atomic E-state index is 0. The third kappa shape index (κ3) is 7.84. The zero-order valence-electron chi connectivity index (χ0n) is 13.7. The standard InChI is InChI=1S/C11H24N2O2.C3H8.H2O.H2/c1-8(2)12(4)13(5)10-6-9(3)15-11(14)7-10;1-3-2;;/h8-11,14H,6-7H2,1-5H3;3H2,1-2H3;1H2;1H/t9-,10+,11-;;;/m1.../s1. The summed E-state index contributed by atoms with van der Waals surface area (Å²) in [5, 5.41) is 14.0. The zero-order chi connectivity index (χ0) is 14.3. The highest BCUT2D eigenvalue weighted by atomic mass is 16.6. The highest BCUT2D eigenvalue weighted by molar-refractivity contribution is 4.77. The third-order valence-electron chi connectivity index (χ3n) is 3.24. The number of hydrazine groups is 1. The quantitative estimate of drug-likeness (QED) is 0.802. The van der Waals surface area contributed by atoms with Gasteiger partial charge in [-0.3, -0.25) is 0 Å². The molecule has 0 aromatic heterocycles. The molecule has 1 aliphatic heterocycles. The summed E-state index contributed by atoms with van der Waals surface area (Å²) in [5.74, 6) is 0. The molecule has 0 aliphatic carbocycles. The first-order valence-electron chi connectivity index (χ1n) is 7.12. The molecule has 1 rings (SSSR count). The summed E-state index contributed by atoms with van der Waals surface area (Å²) in [6.45, 7) is 10.6. The lowest BCUT2D eigenvalue weighted by Gasteiger charge is -2.42. The van der Waals surface area contributed by atoms with E-state index in [-0.39, 0.29) is 13.0 Å². The summed E-state index contributed by atoms with van der Waals surface area (Å²) in [6, 6.07) is 0.849. The van der Waals surface area contributed by atoms with Gasteiger partial charge in [0.15, 0.2) is 6.29 Å². The van der Waals surface area contributed by atoms with Crippen LogP contribution in [0.5, 0.6) is 0 Å². The molecule has 1 aliphatic rings. The Morgan fingerprint density at radius 1 is 1.26 bits per heavy atom. The summed E-state index contributed by atoms with van der Waals surface area (Å²) in [4.78, 5) is 0. The molecule has 0 saturated carbocycles. The number of nitrogens with zero attached hydrogens (tertiary/aromatic N) is 2. The highest BCUT2D eigenvalue weighted by Crippen LogP contribution is 2.22. The van der Waals surface area contributed by atoms with Gasteiger partial charge in [0, 0.05) is 34.0 Å². The number of hydrogen-bond donors (Lipinski definition) is 1. The lowest BCUT2D eigenvalue weighted by molar-refractivity contribution is -0.192. The van der Waals surface area contributed by atoms with Gasteiger partial charge in [0.25, 0.3) is 0 Å². The van der Waals surface area contributed by atoms with E-state index in [9.17, 15) is 5.11 Å². The largest absolute Gasteiger partial charge is 0.412 e. The van der Waals surface area contributed by atoms with Gasteiger partial charge in [-0.15, -0.1) is 0 Å². The summed E-state index contributed by atoms with van der Waals surface area (Å²) in [5.41, 5.74) is 0. The van der Waals surface area contributed by atoms with E-state index in [0.29, 0.717) is 18.5 Å². The summed E-state index contributed by atoms with van der Waals surface area (Å²) >= 11 is 0. The normalized spacial score (nSPS) is 27.0. The van der Waals surface area contributed by atoms with Gasteiger partial charge in [-0.05, 0) is 27.2 Å². The first-order valence-corrected chi connectivity index (χ1v) is 7.12. The lowest BCUT2D eigenvalue weighted by Crippen LogP contribution is -2.51. The summed E-state index contributed by atoms with van der Waals surface area (Å²) < 4.78 is 5.32. The molecule has 0 radical (unpaired) electrons. The van der Waals surface area contributed by atoms with Crippen LogP contribution >= 0.6 is 0 Å². The van der Waals surface area contributed by atoms with Gasteiger partial charge in [0.1, 0.15) is 0 Å². The van der Waals surface area contributed by atoms with E-state index in [1.54, 1.807) is 0 Å². The average Bonchev–Trinajstić information content (AvgIpc) is 2.26. The molecular formula is C14H36N2O3. The molecule has 0 aromatic carbocycles. The molecule has 19 heavy (non-hydrogen) atoms. The molecule has 120 valence electrons. The second kappa shape index (κ2) is 10.6. The Kier molecular flexibility index (Phi) is 11.7. The molecule has 1 heterocycles. The molecule has 0 aromatic rings. The van der Waals surface area contributed by atoms with Crippen LogP contribution in [0.3, 0.4) is 0 Å². The van der Waals surface area contributed by atoms with Gasteiger partial charge in [-0.1, -0.05) is 20.3 Å². The van der Waals surface area contributed by atoms with Crippen molar-refractivity contribution in [3.8, 4) is 0 Å². The SMILES string of the molecule is CC(C)N(C)N(C)[C@H]1C[C@@H](C)O[C@@H](O)C1.CCC.O.[HH]. The number of hydrogen-bond acceptors (Lipinski definition) is 4. The zero-order valence-corrected chi connectivity index (χ0v) is 13.7. The van der Waals surface area contributed by atoms with Crippen LogP contribution in [0.4, 0.5) is 0 Å². The maximum absolute atomic E-state index is 9.55. The fourth-order valence-corrected chi connectivity index (χ4v) is 2.02. The Morgan fingerprint density at radius 3 is 2.11 bits per heavy atom. The monoisotopic (exact) mass is 280 g/mol. The Bertz CT molecular complexity index is 211. The fraction of sp³-hybridized carbons (Fsp3) is 1.00. The molecule has 3 atom stereocenters. The van der Waals surface area contributed by atoms with Crippen LogP contribution in [0.25, 0.3) is 0 Å². The van der Waals surface area contributed by atoms with Crippen molar-refractivity contribution in [1.29, 1.82) is 0 Å². The second-order valence-electron chi connectivity index (χ2n) is 5.47. The highest BCUT2D eigenvalue weighted by Gasteiger charge is 2.30. The predicted octanol–water partition coefficient (Wildman–Crippen LogP) is 1.90. The van der Waals surface area contributed by atoms with Crippen LogP contribution in [-0.4, -0.2) is 59.2 Å². The van der Waals surface area contributed by atoms with E-state index in [1.807, 2.05) is 6.92 Å². The lowest BCUT2D eigenvalue weighted by atomic mass is 10.0. The molecular weight excluding hydrogens is 244 g/mol. The van der Waals surface area contributed by atoms with Crippen LogP contribution in [0.1, 0.15) is 55.3 Å². The molecule has 3 N–H and O–H groups in total. The van der Waals surface area contributed by atoms with Crippen LogP contribution in [0.15, 0.2) is 0 Å². The van der Waals surface area contributed by atoms with E-state index < -0.39 is 6.29 Å². The smallest absolute Gasteiger partial charge is 0.156 e. The maximum Gasteiger partial charge on any atom is 0.156 e. The van der Waals surface area contributed by atoms with Crippen LogP contribution < -0.4 is 0 Å². The van der Waals surface area contributed by atoms with Crippen molar-refractivity contribution in [3.05, 3.63) is 0 Å². The van der Waals surface area contributed by atoms with E-state index in [0.717, 1.165) is 6.42 Å². The van der Waals surface area contributed by atoms with Crippen LogP contribution in [0.2, 0.25) is 0 Å². The van der Waals surface area contributed by atoms with Gasteiger partial charge in [0.05, 0.1) is 6.10 Å². The predicted molar refractivity (Wildman–Crippen MR) is 81.9 cm³/mol. The maximum atomic E-state index is 9.55. The molecule has 1 fully saturated rings. The first kappa shape index (κ1) is 21.1. The Morgan fingerprint density at radius 2 is 1.74 bits per heavy atom. The van der Waals surface area contributed by atoms with Crippen molar-refractivity contribution in [2.24, 2.45) is 0 Å². The Hall–Kier alpha value is -0.200. The molecule has 5 heteroatoms. The molecule has 0 amide bonds. The number of aliphatic hydroxyl groups excluding tert-OH is 1. The van der Waals surface area contributed by atoms with Crippen molar-refractivity contribution in [2.75, 3.05) is 14.1 Å². The molecule has 0 spiro atoms. The molecule has 5 nitrogen and oxygen atoms in total. The van der Waals surface area contributed by atoms with E-state index >= 15 is 0 Å². The van der Waals surface area contributed by atoms with Gasteiger partial charge in [0.2, 0.25) is 0 Å². The number of ether oxygens (including phenoxy) is 1. The van der Waals surface area contributed by atoms with Gasteiger partial charge < -0.3 is 15.3 Å². The van der Waals surface area contributed by atoms with Crippen LogP contribution in [0, 0.1) is 0 Å².